The molecule has 0 saturated heterocycles. The Bertz CT molecular complexity index is 520. The lowest BCUT2D eigenvalue weighted by Crippen LogP contribution is -1.96. The third kappa shape index (κ3) is 1.79. The van der Waals surface area contributed by atoms with Crippen molar-refractivity contribution in [1.82, 2.24) is 9.78 Å². The molecule has 0 aliphatic rings. The second-order valence-electron chi connectivity index (χ2n) is 3.21. The Labute approximate surface area is 96.1 Å². The molecule has 0 N–H and O–H groups in total. The summed E-state index contributed by atoms with van der Waals surface area (Å²) in [6.45, 7) is 2.03. The van der Waals surface area contributed by atoms with E-state index in [2.05, 4.69) is 27.1 Å². The number of halogens is 1. The first-order chi connectivity index (χ1) is 7.22. The van der Waals surface area contributed by atoms with E-state index in [1.165, 1.54) is 5.56 Å². The van der Waals surface area contributed by atoms with Crippen molar-refractivity contribution in [3.8, 4) is 11.8 Å². The standard InChI is InChI=1S/C11H8BrN3/c1-8-2-4-10(5-3-8)15-11(12)9(6-13)7-14-15/h2-5,7H,1H3. The second kappa shape index (κ2) is 3.87. The number of aryl methyl sites for hydroxylation is 1. The number of hydrogen-bond donors (Lipinski definition) is 0. The molecule has 15 heavy (non-hydrogen) atoms. The van der Waals surface area contributed by atoms with Crippen LogP contribution in [0.2, 0.25) is 0 Å². The fourth-order valence-corrected chi connectivity index (χ4v) is 1.76. The van der Waals surface area contributed by atoms with Crippen LogP contribution in [0.4, 0.5) is 0 Å². The Morgan fingerprint density at radius 1 is 1.33 bits per heavy atom. The summed E-state index contributed by atoms with van der Waals surface area (Å²) in [6.07, 6.45) is 1.55. The highest BCUT2D eigenvalue weighted by Gasteiger charge is 2.08. The van der Waals surface area contributed by atoms with Crippen molar-refractivity contribution in [2.75, 3.05) is 0 Å². The van der Waals surface area contributed by atoms with Gasteiger partial charge in [0.25, 0.3) is 0 Å². The van der Waals surface area contributed by atoms with Crippen LogP contribution in [0.25, 0.3) is 5.69 Å². The van der Waals surface area contributed by atoms with Gasteiger partial charge in [0, 0.05) is 0 Å². The van der Waals surface area contributed by atoms with Gasteiger partial charge in [0.05, 0.1) is 11.9 Å². The normalized spacial score (nSPS) is 9.93. The van der Waals surface area contributed by atoms with Crippen LogP contribution in [0, 0.1) is 18.3 Å². The molecule has 0 spiro atoms. The minimum absolute atomic E-state index is 0.538. The van der Waals surface area contributed by atoms with E-state index in [0.29, 0.717) is 10.2 Å². The molecule has 2 aromatic rings. The summed E-state index contributed by atoms with van der Waals surface area (Å²) in [5.41, 5.74) is 2.67. The van der Waals surface area contributed by atoms with Gasteiger partial charge in [0.2, 0.25) is 0 Å². The molecule has 0 amide bonds. The largest absolute Gasteiger partial charge is 0.225 e. The minimum Gasteiger partial charge on any atom is -0.225 e. The third-order valence-electron chi connectivity index (χ3n) is 2.11. The molecule has 1 heterocycles. The Balaban J connectivity index is 2.51. The predicted octanol–water partition coefficient (Wildman–Crippen LogP) is 2.81. The molecule has 0 radical (unpaired) electrons. The van der Waals surface area contributed by atoms with Crippen LogP contribution in [-0.2, 0) is 0 Å². The molecule has 0 saturated carbocycles. The molecule has 1 aromatic carbocycles. The summed E-state index contributed by atoms with van der Waals surface area (Å²) in [4.78, 5) is 0. The zero-order valence-corrected chi connectivity index (χ0v) is 9.69. The van der Waals surface area contributed by atoms with E-state index < -0.39 is 0 Å². The van der Waals surface area contributed by atoms with Gasteiger partial charge in [-0.3, -0.25) is 0 Å². The fourth-order valence-electron chi connectivity index (χ4n) is 1.27. The number of nitriles is 1. The maximum atomic E-state index is 8.79. The first-order valence-corrected chi connectivity index (χ1v) is 5.22. The van der Waals surface area contributed by atoms with Crippen molar-refractivity contribution in [2.45, 2.75) is 6.92 Å². The minimum atomic E-state index is 0.538. The molecule has 0 aliphatic carbocycles. The lowest BCUT2D eigenvalue weighted by Gasteiger charge is -2.03. The van der Waals surface area contributed by atoms with Gasteiger partial charge >= 0.3 is 0 Å². The second-order valence-corrected chi connectivity index (χ2v) is 3.96. The third-order valence-corrected chi connectivity index (χ3v) is 2.87. The van der Waals surface area contributed by atoms with Crippen molar-refractivity contribution < 1.29 is 0 Å². The van der Waals surface area contributed by atoms with E-state index in [1.54, 1.807) is 10.9 Å². The average molecular weight is 262 g/mol. The van der Waals surface area contributed by atoms with Crippen molar-refractivity contribution in [2.24, 2.45) is 0 Å². The summed E-state index contributed by atoms with van der Waals surface area (Å²) in [5, 5.41) is 12.9. The molecule has 0 bridgehead atoms. The quantitative estimate of drug-likeness (QED) is 0.792. The number of nitrogens with zero attached hydrogens (tertiary/aromatic N) is 3. The van der Waals surface area contributed by atoms with Crippen molar-refractivity contribution in [3.63, 3.8) is 0 Å². The van der Waals surface area contributed by atoms with Gasteiger partial charge < -0.3 is 0 Å². The predicted molar refractivity (Wildman–Crippen MR) is 60.7 cm³/mol. The Morgan fingerprint density at radius 3 is 2.53 bits per heavy atom. The summed E-state index contributed by atoms with van der Waals surface area (Å²) in [5.74, 6) is 0. The first-order valence-electron chi connectivity index (χ1n) is 4.43. The van der Waals surface area contributed by atoms with E-state index in [4.69, 9.17) is 5.26 Å². The highest BCUT2D eigenvalue weighted by Crippen LogP contribution is 2.20. The lowest BCUT2D eigenvalue weighted by molar-refractivity contribution is 0.860. The van der Waals surface area contributed by atoms with Gasteiger partial charge in [-0.1, -0.05) is 17.7 Å². The molecule has 2 rings (SSSR count). The SMILES string of the molecule is Cc1ccc(-n2ncc(C#N)c2Br)cc1. The van der Waals surface area contributed by atoms with Crippen LogP contribution in [0.5, 0.6) is 0 Å². The molecule has 0 atom stereocenters. The maximum Gasteiger partial charge on any atom is 0.127 e. The van der Waals surface area contributed by atoms with E-state index in [-0.39, 0.29) is 0 Å². The average Bonchev–Trinajstić information content (AvgIpc) is 2.61. The monoisotopic (exact) mass is 261 g/mol. The van der Waals surface area contributed by atoms with Gasteiger partial charge in [0.1, 0.15) is 16.2 Å². The Kier molecular flexibility index (Phi) is 2.57. The molecule has 4 heteroatoms. The molecule has 74 valence electrons. The van der Waals surface area contributed by atoms with Crippen LogP contribution in [0.1, 0.15) is 11.1 Å². The lowest BCUT2D eigenvalue weighted by atomic mass is 10.2. The van der Waals surface area contributed by atoms with Crippen LogP contribution >= 0.6 is 15.9 Å². The van der Waals surface area contributed by atoms with E-state index in [1.807, 2.05) is 31.2 Å². The van der Waals surface area contributed by atoms with Crippen molar-refractivity contribution in [3.05, 3.63) is 46.2 Å². The number of hydrogen-bond acceptors (Lipinski definition) is 2. The van der Waals surface area contributed by atoms with Crippen LogP contribution in [0.15, 0.2) is 35.1 Å². The highest BCUT2D eigenvalue weighted by atomic mass is 79.9. The zero-order valence-electron chi connectivity index (χ0n) is 8.11. The maximum absolute atomic E-state index is 8.79. The number of rotatable bonds is 1. The van der Waals surface area contributed by atoms with Crippen molar-refractivity contribution >= 4 is 15.9 Å². The summed E-state index contributed by atoms with van der Waals surface area (Å²) in [7, 11) is 0. The Hall–Kier alpha value is -1.60. The number of benzene rings is 1. The van der Waals surface area contributed by atoms with Gasteiger partial charge in [-0.2, -0.15) is 10.4 Å². The van der Waals surface area contributed by atoms with Crippen LogP contribution < -0.4 is 0 Å². The highest BCUT2D eigenvalue weighted by molar-refractivity contribution is 9.10. The molecule has 0 fully saturated rings. The van der Waals surface area contributed by atoms with Gasteiger partial charge in [-0.05, 0) is 35.0 Å². The summed E-state index contributed by atoms with van der Waals surface area (Å²) in [6, 6.07) is 10.0. The van der Waals surface area contributed by atoms with Crippen molar-refractivity contribution in [1.29, 1.82) is 5.26 Å². The first kappa shape index (κ1) is 9.94. The summed E-state index contributed by atoms with van der Waals surface area (Å²) < 4.78 is 2.38. The van der Waals surface area contributed by atoms with Gasteiger partial charge in [0.15, 0.2) is 0 Å². The zero-order chi connectivity index (χ0) is 10.8. The molecule has 3 nitrogen and oxygen atoms in total. The number of aromatic nitrogens is 2. The molecular formula is C11H8BrN3. The van der Waals surface area contributed by atoms with Crippen LogP contribution in [0.3, 0.4) is 0 Å². The molecular weight excluding hydrogens is 254 g/mol. The molecule has 0 aliphatic heterocycles. The van der Waals surface area contributed by atoms with Gasteiger partial charge in [-0.15, -0.1) is 0 Å². The van der Waals surface area contributed by atoms with Crippen LogP contribution in [-0.4, -0.2) is 9.78 Å². The fraction of sp³-hybridized carbons (Fsp3) is 0.0909. The van der Waals surface area contributed by atoms with E-state index in [0.717, 1.165) is 5.69 Å². The smallest absolute Gasteiger partial charge is 0.127 e. The summed E-state index contributed by atoms with van der Waals surface area (Å²) >= 11 is 3.34. The van der Waals surface area contributed by atoms with Gasteiger partial charge in [-0.25, -0.2) is 4.68 Å². The van der Waals surface area contributed by atoms with E-state index in [9.17, 15) is 0 Å². The molecule has 1 aromatic heterocycles. The van der Waals surface area contributed by atoms with E-state index >= 15 is 0 Å². The molecule has 0 unspecified atom stereocenters. The topological polar surface area (TPSA) is 41.6 Å². The Morgan fingerprint density at radius 2 is 2.00 bits per heavy atom.